The summed E-state index contributed by atoms with van der Waals surface area (Å²) in [4.78, 5) is 15.9. The summed E-state index contributed by atoms with van der Waals surface area (Å²) < 4.78 is 82.3. The van der Waals surface area contributed by atoms with Gasteiger partial charge in [-0.15, -0.1) is 10.2 Å². The minimum Gasteiger partial charge on any atom is -0.411 e. The third kappa shape index (κ3) is 5.67. The van der Waals surface area contributed by atoms with E-state index < -0.39 is 52.6 Å². The third-order valence-electron chi connectivity index (χ3n) is 4.00. The molecule has 0 saturated carbocycles. The van der Waals surface area contributed by atoms with Crippen molar-refractivity contribution < 1.29 is 35.6 Å². The number of Topliss-reactive ketones (excluding diaryl/α,β-unsaturated/α-hetero) is 1. The Bertz CT molecular complexity index is 861. The van der Waals surface area contributed by atoms with Crippen molar-refractivity contribution in [2.24, 2.45) is 0 Å². The van der Waals surface area contributed by atoms with Crippen LogP contribution in [-0.2, 0) is 12.4 Å². The van der Waals surface area contributed by atoms with E-state index in [-0.39, 0.29) is 6.42 Å². The van der Waals surface area contributed by atoms with Gasteiger partial charge in [0.25, 0.3) is 5.89 Å². The van der Waals surface area contributed by atoms with Crippen molar-refractivity contribution in [2.75, 3.05) is 5.73 Å². The molecule has 0 saturated heterocycles. The van der Waals surface area contributed by atoms with Crippen LogP contribution in [0.3, 0.4) is 0 Å². The molecular weight excluding hydrogens is 406 g/mol. The van der Waals surface area contributed by atoms with Gasteiger partial charge in [-0.25, -0.2) is 4.98 Å². The minimum atomic E-state index is -4.96. The van der Waals surface area contributed by atoms with Gasteiger partial charge in [0.2, 0.25) is 0 Å². The molecule has 0 bridgehead atoms. The Morgan fingerprint density at radius 1 is 1.03 bits per heavy atom. The van der Waals surface area contributed by atoms with E-state index in [0.717, 1.165) is 19.3 Å². The average molecular weight is 424 g/mol. The second-order valence-corrected chi connectivity index (χ2v) is 6.32. The number of hydrogen-bond donors (Lipinski definition) is 1. The predicted octanol–water partition coefficient (Wildman–Crippen LogP) is 5.29. The number of rotatable bonds is 8. The van der Waals surface area contributed by atoms with E-state index in [2.05, 4.69) is 19.6 Å². The third-order valence-corrected chi connectivity index (χ3v) is 4.00. The number of halogens is 6. The Balaban J connectivity index is 2.39. The first-order valence-electron chi connectivity index (χ1n) is 8.77. The van der Waals surface area contributed by atoms with Crippen LogP contribution in [0.2, 0.25) is 0 Å². The molecule has 160 valence electrons. The monoisotopic (exact) mass is 424 g/mol. The van der Waals surface area contributed by atoms with E-state index in [1.54, 1.807) is 0 Å². The van der Waals surface area contributed by atoms with Crippen LogP contribution in [0.4, 0.5) is 32.0 Å². The summed E-state index contributed by atoms with van der Waals surface area (Å²) in [5, 5.41) is 5.91. The molecule has 12 heteroatoms. The van der Waals surface area contributed by atoms with Gasteiger partial charge in [-0.1, -0.05) is 32.6 Å². The second kappa shape index (κ2) is 8.78. The summed E-state index contributed by atoms with van der Waals surface area (Å²) in [5.74, 6) is -3.44. The molecule has 2 aromatic rings. The molecule has 0 amide bonds. The maximum Gasteiger partial charge on any atom is 0.470 e. The topological polar surface area (TPSA) is 94.9 Å². The van der Waals surface area contributed by atoms with Crippen LogP contribution in [0.25, 0.3) is 11.6 Å². The number of unbranched alkanes of at least 4 members (excludes halogenated alkanes) is 4. The number of pyridine rings is 1. The first-order chi connectivity index (χ1) is 13.4. The van der Waals surface area contributed by atoms with E-state index in [0.29, 0.717) is 18.9 Å². The number of nitrogens with zero attached hydrogens (tertiary/aromatic N) is 3. The van der Waals surface area contributed by atoms with E-state index in [1.807, 2.05) is 6.92 Å². The zero-order chi connectivity index (χ0) is 21.8. The number of aromatic nitrogens is 3. The number of hydrogen-bond acceptors (Lipinski definition) is 6. The highest BCUT2D eigenvalue weighted by Gasteiger charge is 2.40. The second-order valence-electron chi connectivity index (χ2n) is 6.32. The molecule has 0 aliphatic heterocycles. The van der Waals surface area contributed by atoms with Crippen LogP contribution in [0, 0.1) is 0 Å². The summed E-state index contributed by atoms with van der Waals surface area (Å²) in [6, 6.07) is 0.435. The average Bonchev–Trinajstić information content (AvgIpc) is 3.10. The first-order valence-corrected chi connectivity index (χ1v) is 8.77. The molecule has 2 rings (SSSR count). The fraction of sp³-hybridized carbons (Fsp3) is 0.529. The summed E-state index contributed by atoms with van der Waals surface area (Å²) in [6.45, 7) is 1.99. The van der Waals surface area contributed by atoms with Crippen LogP contribution in [0.15, 0.2) is 10.5 Å². The molecule has 29 heavy (non-hydrogen) atoms. The molecule has 2 heterocycles. The fourth-order valence-corrected chi connectivity index (χ4v) is 2.57. The highest BCUT2D eigenvalue weighted by atomic mass is 19.4. The van der Waals surface area contributed by atoms with Gasteiger partial charge < -0.3 is 10.2 Å². The van der Waals surface area contributed by atoms with Gasteiger partial charge in [0.05, 0.1) is 11.3 Å². The van der Waals surface area contributed by atoms with Crippen molar-refractivity contribution in [3.8, 4) is 11.6 Å². The quantitative estimate of drug-likeness (QED) is 0.351. The number of carbonyl (C=O) groups is 1. The van der Waals surface area contributed by atoms with Crippen LogP contribution in [-0.4, -0.2) is 21.0 Å². The lowest BCUT2D eigenvalue weighted by Gasteiger charge is -2.14. The van der Waals surface area contributed by atoms with Crippen molar-refractivity contribution in [3.05, 3.63) is 23.2 Å². The molecule has 2 aromatic heterocycles. The molecular formula is C17H18F6N4O2. The van der Waals surface area contributed by atoms with E-state index in [4.69, 9.17) is 5.73 Å². The Hall–Kier alpha value is -2.66. The number of nitrogen functional groups attached to an aromatic ring is 1. The van der Waals surface area contributed by atoms with E-state index >= 15 is 0 Å². The molecule has 0 aliphatic rings. The summed E-state index contributed by atoms with van der Waals surface area (Å²) >= 11 is 0. The van der Waals surface area contributed by atoms with Gasteiger partial charge in [-0.3, -0.25) is 4.79 Å². The Morgan fingerprint density at radius 2 is 1.69 bits per heavy atom. The number of ketones is 1. The maximum atomic E-state index is 13.3. The van der Waals surface area contributed by atoms with Crippen molar-refractivity contribution in [1.29, 1.82) is 0 Å². The van der Waals surface area contributed by atoms with E-state index in [9.17, 15) is 31.1 Å². The highest BCUT2D eigenvalue weighted by molar-refractivity contribution is 5.97. The van der Waals surface area contributed by atoms with Gasteiger partial charge >= 0.3 is 18.2 Å². The maximum absolute atomic E-state index is 13.3. The zero-order valence-corrected chi connectivity index (χ0v) is 15.3. The van der Waals surface area contributed by atoms with Gasteiger partial charge in [-0.05, 0) is 12.5 Å². The molecule has 6 nitrogen and oxygen atoms in total. The summed E-state index contributed by atoms with van der Waals surface area (Å²) in [7, 11) is 0. The lowest BCUT2D eigenvalue weighted by molar-refractivity contribution is -0.157. The number of alkyl halides is 6. The molecule has 0 radical (unpaired) electrons. The Kier molecular flexibility index (Phi) is 6.85. The molecule has 0 fully saturated rings. The summed E-state index contributed by atoms with van der Waals surface area (Å²) in [6.07, 6.45) is -6.34. The van der Waals surface area contributed by atoms with Gasteiger partial charge in [0, 0.05) is 6.42 Å². The molecule has 0 spiro atoms. The van der Waals surface area contributed by atoms with Gasteiger partial charge in [0.15, 0.2) is 11.5 Å². The van der Waals surface area contributed by atoms with Gasteiger partial charge in [-0.2, -0.15) is 26.3 Å². The number of anilines is 1. The standard InChI is InChI=1S/C17H18F6N4O2/c1-2-3-4-5-6-7-11(28)12-9(16(18,19)20)8-10(24)13(25-12)14-26-27-15(29-14)17(21,22)23/h8H,2-7,24H2,1H3. The van der Waals surface area contributed by atoms with Gasteiger partial charge in [0.1, 0.15) is 5.69 Å². The molecule has 2 N–H and O–H groups in total. The van der Waals surface area contributed by atoms with Crippen LogP contribution < -0.4 is 5.73 Å². The normalized spacial score (nSPS) is 12.4. The number of carbonyl (C=O) groups excluding carboxylic acids is 1. The molecule has 0 unspecified atom stereocenters. The Morgan fingerprint density at radius 3 is 2.24 bits per heavy atom. The minimum absolute atomic E-state index is 0.194. The van der Waals surface area contributed by atoms with Crippen molar-refractivity contribution in [3.63, 3.8) is 0 Å². The predicted molar refractivity (Wildman–Crippen MR) is 89.7 cm³/mol. The highest BCUT2D eigenvalue weighted by Crippen LogP contribution is 2.37. The van der Waals surface area contributed by atoms with Crippen molar-refractivity contribution >= 4 is 11.5 Å². The lowest BCUT2D eigenvalue weighted by atomic mass is 10.0. The summed E-state index contributed by atoms with van der Waals surface area (Å²) in [5.41, 5.74) is 1.94. The zero-order valence-electron chi connectivity index (χ0n) is 15.3. The smallest absolute Gasteiger partial charge is 0.411 e. The molecule has 0 aliphatic carbocycles. The Labute approximate surface area is 161 Å². The number of nitrogens with two attached hydrogens (primary N) is 1. The lowest BCUT2D eigenvalue weighted by Crippen LogP contribution is -2.17. The first kappa shape index (κ1) is 22.6. The van der Waals surface area contributed by atoms with Crippen LogP contribution in [0.1, 0.15) is 67.4 Å². The SMILES string of the molecule is CCCCCCCC(=O)c1nc(-c2nnc(C(F)(F)F)o2)c(N)cc1C(F)(F)F. The molecule has 0 atom stereocenters. The van der Waals surface area contributed by atoms with Crippen molar-refractivity contribution in [2.45, 2.75) is 57.8 Å². The van der Waals surface area contributed by atoms with Crippen LogP contribution in [0.5, 0.6) is 0 Å². The largest absolute Gasteiger partial charge is 0.470 e. The molecule has 0 aromatic carbocycles. The van der Waals surface area contributed by atoms with E-state index in [1.165, 1.54) is 0 Å². The van der Waals surface area contributed by atoms with Crippen molar-refractivity contribution in [1.82, 2.24) is 15.2 Å². The fourth-order valence-electron chi connectivity index (χ4n) is 2.57. The van der Waals surface area contributed by atoms with Crippen LogP contribution >= 0.6 is 0 Å².